The van der Waals surface area contributed by atoms with Crippen molar-refractivity contribution in [2.24, 2.45) is 0 Å². The molecule has 0 spiro atoms. The predicted molar refractivity (Wildman–Crippen MR) is 95.9 cm³/mol. The maximum Gasteiger partial charge on any atom is 0.251 e. The Morgan fingerprint density at radius 3 is 2.68 bits per heavy atom. The summed E-state index contributed by atoms with van der Waals surface area (Å²) in [5.41, 5.74) is 2.14. The van der Waals surface area contributed by atoms with Crippen molar-refractivity contribution in [3.63, 3.8) is 0 Å². The van der Waals surface area contributed by atoms with Crippen molar-refractivity contribution >= 4 is 5.91 Å². The fourth-order valence-electron chi connectivity index (χ4n) is 2.60. The Hall–Kier alpha value is -2.82. The first-order chi connectivity index (χ1) is 12.1. The van der Waals surface area contributed by atoms with E-state index in [-0.39, 0.29) is 11.7 Å². The highest BCUT2D eigenvalue weighted by Gasteiger charge is 2.15. The molecule has 132 valence electrons. The molecule has 0 heterocycles. The molecule has 25 heavy (non-hydrogen) atoms. The molecule has 0 aliphatic heterocycles. The Balaban J connectivity index is 2.10. The molecule has 0 atom stereocenters. The molecule has 5 heteroatoms. The minimum Gasteiger partial charge on any atom is -0.493 e. The van der Waals surface area contributed by atoms with Crippen LogP contribution in [0.3, 0.4) is 0 Å². The Morgan fingerprint density at radius 2 is 2.04 bits per heavy atom. The van der Waals surface area contributed by atoms with Crippen molar-refractivity contribution in [3.8, 4) is 11.5 Å². The summed E-state index contributed by atoms with van der Waals surface area (Å²) in [7, 11) is 3.09. The second-order valence-corrected chi connectivity index (χ2v) is 5.50. The van der Waals surface area contributed by atoms with Gasteiger partial charge >= 0.3 is 0 Å². The monoisotopic (exact) mass is 343 g/mol. The quantitative estimate of drug-likeness (QED) is 0.746. The lowest BCUT2D eigenvalue weighted by atomic mass is 10.0. The van der Waals surface area contributed by atoms with Crippen molar-refractivity contribution in [2.75, 3.05) is 20.8 Å². The minimum absolute atomic E-state index is 0.220. The van der Waals surface area contributed by atoms with Gasteiger partial charge in [-0.3, -0.25) is 4.79 Å². The number of halogens is 1. The van der Waals surface area contributed by atoms with Crippen LogP contribution in [0.1, 0.15) is 21.5 Å². The van der Waals surface area contributed by atoms with Gasteiger partial charge in [-0.15, -0.1) is 6.58 Å². The molecule has 1 N–H and O–H groups in total. The Bertz CT molecular complexity index is 759. The number of amides is 1. The largest absolute Gasteiger partial charge is 0.493 e. The fraction of sp³-hybridized carbons (Fsp3) is 0.250. The Labute approximate surface area is 147 Å². The average Bonchev–Trinajstić information content (AvgIpc) is 2.61. The summed E-state index contributed by atoms with van der Waals surface area (Å²) in [5.74, 6) is 0.594. The highest BCUT2D eigenvalue weighted by atomic mass is 19.1. The summed E-state index contributed by atoms with van der Waals surface area (Å²) in [6.45, 7) is 4.13. The number of benzene rings is 2. The van der Waals surface area contributed by atoms with E-state index in [9.17, 15) is 9.18 Å². The van der Waals surface area contributed by atoms with Gasteiger partial charge in [-0.05, 0) is 42.7 Å². The Morgan fingerprint density at radius 1 is 1.24 bits per heavy atom. The number of carbonyl (C=O) groups excluding carboxylic acids is 1. The van der Waals surface area contributed by atoms with E-state index in [1.807, 2.05) is 6.07 Å². The summed E-state index contributed by atoms with van der Waals surface area (Å²) >= 11 is 0. The van der Waals surface area contributed by atoms with Crippen LogP contribution in [-0.4, -0.2) is 26.7 Å². The molecule has 0 aliphatic carbocycles. The van der Waals surface area contributed by atoms with E-state index >= 15 is 0 Å². The lowest BCUT2D eigenvalue weighted by Gasteiger charge is -2.14. The number of allylic oxidation sites excluding steroid dienone is 1. The molecule has 0 unspecified atom stereocenters. The molecule has 2 rings (SSSR count). The van der Waals surface area contributed by atoms with Crippen molar-refractivity contribution in [1.29, 1.82) is 0 Å². The number of methoxy groups -OCH3 is 2. The van der Waals surface area contributed by atoms with Gasteiger partial charge in [0.25, 0.3) is 5.91 Å². The van der Waals surface area contributed by atoms with E-state index in [0.717, 1.165) is 11.1 Å². The van der Waals surface area contributed by atoms with Gasteiger partial charge in [0.05, 0.1) is 14.2 Å². The summed E-state index contributed by atoms with van der Waals surface area (Å²) in [6.07, 6.45) is 2.85. The molecule has 1 amide bonds. The van der Waals surface area contributed by atoms with Gasteiger partial charge in [-0.2, -0.15) is 0 Å². The van der Waals surface area contributed by atoms with Crippen LogP contribution < -0.4 is 14.8 Å². The van der Waals surface area contributed by atoms with E-state index in [0.29, 0.717) is 36.4 Å². The molecule has 0 radical (unpaired) electrons. The van der Waals surface area contributed by atoms with Crippen LogP contribution in [0.25, 0.3) is 0 Å². The second-order valence-electron chi connectivity index (χ2n) is 5.50. The predicted octanol–water partition coefficient (Wildman–Crippen LogP) is 3.54. The zero-order chi connectivity index (χ0) is 18.2. The van der Waals surface area contributed by atoms with E-state index in [4.69, 9.17) is 9.47 Å². The van der Waals surface area contributed by atoms with Crippen LogP contribution in [0.5, 0.6) is 11.5 Å². The van der Waals surface area contributed by atoms with Crippen LogP contribution in [0.4, 0.5) is 4.39 Å². The third-order valence-corrected chi connectivity index (χ3v) is 3.77. The smallest absolute Gasteiger partial charge is 0.251 e. The molecular formula is C20H22FNO3. The molecule has 2 aromatic rings. The molecular weight excluding hydrogens is 321 g/mol. The highest BCUT2D eigenvalue weighted by molar-refractivity contribution is 5.95. The van der Waals surface area contributed by atoms with Crippen LogP contribution in [0.15, 0.2) is 49.1 Å². The first-order valence-corrected chi connectivity index (χ1v) is 7.97. The van der Waals surface area contributed by atoms with Crippen LogP contribution in [0, 0.1) is 5.82 Å². The van der Waals surface area contributed by atoms with Gasteiger partial charge in [0.1, 0.15) is 5.82 Å². The van der Waals surface area contributed by atoms with E-state index in [1.165, 1.54) is 19.2 Å². The van der Waals surface area contributed by atoms with Gasteiger partial charge in [-0.25, -0.2) is 4.39 Å². The van der Waals surface area contributed by atoms with Crippen molar-refractivity contribution in [2.45, 2.75) is 12.8 Å². The summed E-state index contributed by atoms with van der Waals surface area (Å²) < 4.78 is 23.9. The fourth-order valence-corrected chi connectivity index (χ4v) is 2.60. The lowest BCUT2D eigenvalue weighted by Crippen LogP contribution is -2.26. The van der Waals surface area contributed by atoms with Crippen LogP contribution in [-0.2, 0) is 12.8 Å². The molecule has 0 aromatic heterocycles. The zero-order valence-electron chi connectivity index (χ0n) is 14.5. The summed E-state index contributed by atoms with van der Waals surface area (Å²) in [6, 6.07) is 9.75. The number of rotatable bonds is 8. The standard InChI is InChI=1S/C20H22FNO3/c1-4-6-15-12-16(13-18(24-2)19(15)25-3)20(23)22-10-9-14-7-5-8-17(21)11-14/h4-5,7-8,11-13H,1,6,9-10H2,2-3H3,(H,22,23). The second kappa shape index (κ2) is 8.87. The van der Waals surface area contributed by atoms with E-state index in [2.05, 4.69) is 11.9 Å². The van der Waals surface area contributed by atoms with E-state index in [1.54, 1.807) is 31.4 Å². The number of hydrogen-bond acceptors (Lipinski definition) is 3. The average molecular weight is 343 g/mol. The number of nitrogens with one attached hydrogen (secondary N) is 1. The molecule has 0 saturated carbocycles. The lowest BCUT2D eigenvalue weighted by molar-refractivity contribution is 0.0953. The molecule has 0 fully saturated rings. The number of hydrogen-bond donors (Lipinski definition) is 1. The van der Waals surface area contributed by atoms with Gasteiger partial charge in [0.2, 0.25) is 0 Å². The van der Waals surface area contributed by atoms with Gasteiger partial charge in [0.15, 0.2) is 11.5 Å². The van der Waals surface area contributed by atoms with Gasteiger partial charge in [-0.1, -0.05) is 18.2 Å². The maximum absolute atomic E-state index is 13.2. The first kappa shape index (κ1) is 18.5. The van der Waals surface area contributed by atoms with Gasteiger partial charge in [0, 0.05) is 17.7 Å². The number of ether oxygens (including phenoxy) is 2. The van der Waals surface area contributed by atoms with E-state index < -0.39 is 0 Å². The first-order valence-electron chi connectivity index (χ1n) is 7.97. The minimum atomic E-state index is -0.280. The summed E-state index contributed by atoms with van der Waals surface area (Å²) in [5, 5.41) is 2.84. The Kier molecular flexibility index (Phi) is 6.57. The SMILES string of the molecule is C=CCc1cc(C(=O)NCCc2cccc(F)c2)cc(OC)c1OC. The molecule has 2 aromatic carbocycles. The van der Waals surface area contributed by atoms with Gasteiger partial charge < -0.3 is 14.8 Å². The molecule has 0 bridgehead atoms. The van der Waals surface area contributed by atoms with Crippen LogP contribution >= 0.6 is 0 Å². The van der Waals surface area contributed by atoms with Crippen molar-refractivity contribution in [3.05, 3.63) is 71.6 Å². The summed E-state index contributed by atoms with van der Waals surface area (Å²) in [4.78, 5) is 12.4. The molecule has 0 saturated heterocycles. The topological polar surface area (TPSA) is 47.6 Å². The third-order valence-electron chi connectivity index (χ3n) is 3.77. The number of carbonyl (C=O) groups is 1. The van der Waals surface area contributed by atoms with Crippen LogP contribution in [0.2, 0.25) is 0 Å². The molecule has 0 aliphatic rings. The molecule has 4 nitrogen and oxygen atoms in total. The normalized spacial score (nSPS) is 10.2. The highest BCUT2D eigenvalue weighted by Crippen LogP contribution is 2.33. The maximum atomic E-state index is 13.2. The third kappa shape index (κ3) is 4.83. The van der Waals surface area contributed by atoms with Crippen molar-refractivity contribution < 1.29 is 18.7 Å². The zero-order valence-corrected chi connectivity index (χ0v) is 14.5. The van der Waals surface area contributed by atoms with Crippen molar-refractivity contribution in [1.82, 2.24) is 5.32 Å².